The van der Waals surface area contributed by atoms with Gasteiger partial charge in [0, 0.05) is 31.0 Å². The molecule has 1 saturated carbocycles. The van der Waals surface area contributed by atoms with Crippen LogP contribution in [0, 0.1) is 5.92 Å². The van der Waals surface area contributed by atoms with Crippen LogP contribution < -0.4 is 24.3 Å². The van der Waals surface area contributed by atoms with E-state index in [-0.39, 0.29) is 30.9 Å². The maximum Gasteiger partial charge on any atom is 0.231 e. The van der Waals surface area contributed by atoms with E-state index in [4.69, 9.17) is 18.9 Å². The Kier molecular flexibility index (Phi) is 9.00. The number of anilines is 1. The molecule has 0 unspecified atom stereocenters. The minimum absolute atomic E-state index is 0.0228. The number of carbonyl (C=O) groups is 2. The van der Waals surface area contributed by atoms with Gasteiger partial charge in [0.15, 0.2) is 23.0 Å². The van der Waals surface area contributed by atoms with Crippen molar-refractivity contribution in [2.24, 2.45) is 5.92 Å². The van der Waals surface area contributed by atoms with Crippen molar-refractivity contribution in [3.63, 3.8) is 0 Å². The number of carbonyl (C=O) groups excluding carboxylic acids is 2. The van der Waals surface area contributed by atoms with E-state index in [1.165, 1.54) is 17.8 Å². The minimum Gasteiger partial charge on any atom is -0.493 e. The van der Waals surface area contributed by atoms with Gasteiger partial charge in [0.25, 0.3) is 0 Å². The van der Waals surface area contributed by atoms with E-state index in [9.17, 15) is 9.59 Å². The van der Waals surface area contributed by atoms with Crippen molar-refractivity contribution in [3.05, 3.63) is 42.0 Å². The van der Waals surface area contributed by atoms with E-state index < -0.39 is 0 Å². The van der Waals surface area contributed by atoms with E-state index >= 15 is 0 Å². The predicted octanol–water partition coefficient (Wildman–Crippen LogP) is 4.93. The van der Waals surface area contributed by atoms with E-state index in [2.05, 4.69) is 15.5 Å². The highest BCUT2D eigenvalue weighted by atomic mass is 32.1. The summed E-state index contributed by atoms with van der Waals surface area (Å²) in [5.41, 5.74) is 1.87. The topological polar surface area (TPSA) is 112 Å². The zero-order valence-corrected chi connectivity index (χ0v) is 23.6. The van der Waals surface area contributed by atoms with Gasteiger partial charge in [0.1, 0.15) is 5.01 Å². The summed E-state index contributed by atoms with van der Waals surface area (Å²) in [7, 11) is 3.21. The van der Waals surface area contributed by atoms with Gasteiger partial charge >= 0.3 is 0 Å². The normalized spacial score (nSPS) is 14.6. The summed E-state index contributed by atoms with van der Waals surface area (Å²) in [6, 6.07) is 11.3. The molecule has 0 atom stereocenters. The Hall–Kier alpha value is -3.86. The summed E-state index contributed by atoms with van der Waals surface area (Å²) < 4.78 is 21.6. The van der Waals surface area contributed by atoms with Gasteiger partial charge in [0.2, 0.25) is 23.7 Å². The molecule has 0 saturated heterocycles. The SMILES string of the molecule is COc1ccc(CCN(CCC(=O)Nc2nnc(-c3ccc4c(c3)OCO4)s2)C(=O)C2CCCCC2)cc1OC. The molecule has 11 heteroatoms. The molecule has 1 aliphatic carbocycles. The van der Waals surface area contributed by atoms with Crippen LogP contribution >= 0.6 is 11.3 Å². The van der Waals surface area contributed by atoms with Gasteiger partial charge in [-0.2, -0.15) is 0 Å². The number of methoxy groups -OCH3 is 2. The molecule has 10 nitrogen and oxygen atoms in total. The lowest BCUT2D eigenvalue weighted by atomic mass is 9.88. The Morgan fingerprint density at radius 1 is 0.975 bits per heavy atom. The molecule has 2 aliphatic rings. The van der Waals surface area contributed by atoms with Crippen LogP contribution in [0.4, 0.5) is 5.13 Å². The molecule has 1 fully saturated rings. The molecule has 0 spiro atoms. The minimum atomic E-state index is -0.207. The zero-order valence-electron chi connectivity index (χ0n) is 22.8. The van der Waals surface area contributed by atoms with Crippen molar-refractivity contribution in [1.82, 2.24) is 15.1 Å². The largest absolute Gasteiger partial charge is 0.493 e. The van der Waals surface area contributed by atoms with Crippen LogP contribution in [0.1, 0.15) is 44.1 Å². The van der Waals surface area contributed by atoms with Crippen LogP contribution in [0.3, 0.4) is 0 Å². The third-order valence-electron chi connectivity index (χ3n) is 7.28. The zero-order chi connectivity index (χ0) is 27.9. The number of fused-ring (bicyclic) bond motifs is 1. The average molecular weight is 567 g/mol. The van der Waals surface area contributed by atoms with Crippen LogP contribution in [0.25, 0.3) is 10.6 Å². The molecule has 2 amide bonds. The lowest BCUT2D eigenvalue weighted by Gasteiger charge is -2.29. The summed E-state index contributed by atoms with van der Waals surface area (Å²) in [6.45, 7) is 1.05. The summed E-state index contributed by atoms with van der Waals surface area (Å²) >= 11 is 1.28. The second kappa shape index (κ2) is 13.0. The lowest BCUT2D eigenvalue weighted by Crippen LogP contribution is -2.40. The van der Waals surface area contributed by atoms with E-state index in [1.54, 1.807) is 14.2 Å². The maximum absolute atomic E-state index is 13.5. The van der Waals surface area contributed by atoms with Gasteiger partial charge in [-0.05, 0) is 55.2 Å². The average Bonchev–Trinajstić information content (AvgIpc) is 3.66. The first kappa shape index (κ1) is 27.7. The monoisotopic (exact) mass is 566 g/mol. The quantitative estimate of drug-likeness (QED) is 0.348. The molecule has 40 heavy (non-hydrogen) atoms. The maximum atomic E-state index is 13.5. The predicted molar refractivity (Wildman–Crippen MR) is 151 cm³/mol. The molecule has 5 rings (SSSR count). The Morgan fingerprint density at radius 3 is 2.58 bits per heavy atom. The van der Waals surface area contributed by atoms with Crippen LogP contribution in [0.15, 0.2) is 36.4 Å². The second-order valence-electron chi connectivity index (χ2n) is 9.88. The van der Waals surface area contributed by atoms with Gasteiger partial charge in [0.05, 0.1) is 14.2 Å². The van der Waals surface area contributed by atoms with E-state index in [1.807, 2.05) is 41.3 Å². The number of nitrogens with zero attached hydrogens (tertiary/aromatic N) is 3. The first-order valence-corrected chi connectivity index (χ1v) is 14.4. The highest BCUT2D eigenvalue weighted by molar-refractivity contribution is 7.18. The molecule has 2 aromatic carbocycles. The van der Waals surface area contributed by atoms with Crippen molar-refractivity contribution in [3.8, 4) is 33.6 Å². The molecule has 212 valence electrons. The van der Waals surface area contributed by atoms with Crippen LogP contribution in [0.5, 0.6) is 23.0 Å². The molecule has 2 heterocycles. The fraction of sp³-hybridized carbons (Fsp3) is 0.448. The van der Waals surface area contributed by atoms with Gasteiger partial charge < -0.3 is 29.2 Å². The highest BCUT2D eigenvalue weighted by Gasteiger charge is 2.26. The van der Waals surface area contributed by atoms with Gasteiger partial charge in [-0.3, -0.25) is 9.59 Å². The van der Waals surface area contributed by atoms with Crippen molar-refractivity contribution in [2.45, 2.75) is 44.9 Å². The van der Waals surface area contributed by atoms with Crippen molar-refractivity contribution in [1.29, 1.82) is 0 Å². The molecule has 1 N–H and O–H groups in total. The summed E-state index contributed by atoms with van der Waals surface area (Å²) in [6.07, 6.45) is 5.95. The van der Waals surface area contributed by atoms with Crippen LogP contribution in [-0.2, 0) is 16.0 Å². The number of hydrogen-bond acceptors (Lipinski definition) is 9. The molecule has 1 aliphatic heterocycles. The first-order chi connectivity index (χ1) is 19.5. The van der Waals surface area contributed by atoms with Crippen molar-refractivity contribution >= 4 is 28.3 Å². The van der Waals surface area contributed by atoms with Crippen molar-refractivity contribution < 1.29 is 28.5 Å². The molecule has 0 bridgehead atoms. The molecule has 3 aromatic rings. The number of aromatic nitrogens is 2. The number of amides is 2. The summed E-state index contributed by atoms with van der Waals surface area (Å²) in [5.74, 6) is 2.62. The standard InChI is InChI=1S/C29H34N4O6S/c1-36-22-10-8-19(16-24(22)37-2)12-14-33(28(35)20-6-4-3-5-7-20)15-13-26(34)30-29-32-31-27(40-29)21-9-11-23-25(17-21)39-18-38-23/h8-11,16-17,20H,3-7,12-15,18H2,1-2H3,(H,30,32,34). The highest BCUT2D eigenvalue weighted by Crippen LogP contribution is 2.37. The summed E-state index contributed by atoms with van der Waals surface area (Å²) in [5, 5.41) is 12.3. The van der Waals surface area contributed by atoms with Gasteiger partial charge in [-0.15, -0.1) is 10.2 Å². The molecular formula is C29H34N4O6S. The fourth-order valence-electron chi connectivity index (χ4n) is 5.08. The molecular weight excluding hydrogens is 532 g/mol. The Labute approximate surface area is 237 Å². The smallest absolute Gasteiger partial charge is 0.231 e. The molecule has 1 aromatic heterocycles. The summed E-state index contributed by atoms with van der Waals surface area (Å²) in [4.78, 5) is 28.2. The van der Waals surface area contributed by atoms with Gasteiger partial charge in [-0.1, -0.05) is 36.7 Å². The van der Waals surface area contributed by atoms with Crippen LogP contribution in [0.2, 0.25) is 0 Å². The number of benzene rings is 2. The Morgan fingerprint density at radius 2 is 1.77 bits per heavy atom. The van der Waals surface area contributed by atoms with E-state index in [0.717, 1.165) is 36.8 Å². The van der Waals surface area contributed by atoms with Gasteiger partial charge in [-0.25, -0.2) is 0 Å². The van der Waals surface area contributed by atoms with Crippen molar-refractivity contribution in [2.75, 3.05) is 39.4 Å². The Bertz CT molecular complexity index is 1340. The Balaban J connectivity index is 1.20. The van der Waals surface area contributed by atoms with E-state index in [0.29, 0.717) is 52.6 Å². The lowest BCUT2D eigenvalue weighted by molar-refractivity contribution is -0.136. The van der Waals surface area contributed by atoms with Crippen LogP contribution in [-0.4, -0.2) is 61.0 Å². The number of ether oxygens (including phenoxy) is 4. The third kappa shape index (κ3) is 6.64. The third-order valence-corrected chi connectivity index (χ3v) is 8.17. The molecule has 0 radical (unpaired) electrons. The fourth-order valence-corrected chi connectivity index (χ4v) is 5.83. The number of hydrogen-bond donors (Lipinski definition) is 1. The first-order valence-electron chi connectivity index (χ1n) is 13.6. The number of nitrogens with one attached hydrogen (secondary N) is 1. The number of rotatable bonds is 11. The second-order valence-corrected chi connectivity index (χ2v) is 10.9.